The van der Waals surface area contributed by atoms with Gasteiger partial charge in [-0.15, -0.1) is 11.3 Å². The summed E-state index contributed by atoms with van der Waals surface area (Å²) in [4.78, 5) is 35.3. The Balaban J connectivity index is 1.58. The number of carbonyl (C=O) groups is 2. The summed E-state index contributed by atoms with van der Waals surface area (Å²) in [6, 6.07) is 19.0. The van der Waals surface area contributed by atoms with Crippen LogP contribution in [0.1, 0.15) is 22.0 Å². The van der Waals surface area contributed by atoms with Gasteiger partial charge in [0.1, 0.15) is 12.0 Å². The zero-order chi connectivity index (χ0) is 20.1. The minimum Gasteiger partial charge on any atom is -0.273 e. The SMILES string of the molecule is Cc1ccc(N2C(=O)[C@H]3[C@H](ON(c4ccccc4)[C@@H]3c3cccs3)C2=O)c(C)c1. The average Bonchev–Trinajstić information content (AvgIpc) is 3.41. The molecule has 2 fully saturated rings. The zero-order valence-electron chi connectivity index (χ0n) is 16.1. The predicted octanol–water partition coefficient (Wildman–Crippen LogP) is 4.42. The molecule has 5 rings (SSSR count). The normalized spacial score (nSPS) is 23.7. The van der Waals surface area contributed by atoms with Crippen LogP contribution in [0.15, 0.2) is 66.0 Å². The van der Waals surface area contributed by atoms with Crippen molar-refractivity contribution in [2.24, 2.45) is 5.92 Å². The zero-order valence-corrected chi connectivity index (χ0v) is 16.9. The van der Waals surface area contributed by atoms with E-state index in [2.05, 4.69) is 0 Å². The maximum atomic E-state index is 13.5. The molecule has 3 heterocycles. The lowest BCUT2D eigenvalue weighted by molar-refractivity contribution is -0.126. The first-order chi connectivity index (χ1) is 14.1. The van der Waals surface area contributed by atoms with Gasteiger partial charge in [-0.05, 0) is 49.1 Å². The Hall–Kier alpha value is -2.96. The van der Waals surface area contributed by atoms with Gasteiger partial charge < -0.3 is 0 Å². The summed E-state index contributed by atoms with van der Waals surface area (Å²) in [7, 11) is 0. The number of hydrogen-bond acceptors (Lipinski definition) is 5. The number of hydroxylamine groups is 1. The Bertz CT molecular complexity index is 1080. The third-order valence-corrected chi connectivity index (χ3v) is 6.50. The van der Waals surface area contributed by atoms with Crippen molar-refractivity contribution in [3.63, 3.8) is 0 Å². The Kier molecular flexibility index (Phi) is 4.26. The van der Waals surface area contributed by atoms with E-state index in [0.29, 0.717) is 5.69 Å². The fraction of sp³-hybridized carbons (Fsp3) is 0.217. The summed E-state index contributed by atoms with van der Waals surface area (Å²) in [5.74, 6) is -1.09. The van der Waals surface area contributed by atoms with Crippen molar-refractivity contribution in [3.05, 3.63) is 82.0 Å². The van der Waals surface area contributed by atoms with E-state index in [9.17, 15) is 9.59 Å². The number of carbonyl (C=O) groups excluding carboxylic acids is 2. The molecule has 0 saturated carbocycles. The second kappa shape index (κ2) is 6.83. The van der Waals surface area contributed by atoms with Crippen molar-refractivity contribution in [1.29, 1.82) is 0 Å². The molecule has 0 N–H and O–H groups in total. The van der Waals surface area contributed by atoms with Crippen LogP contribution in [0.25, 0.3) is 0 Å². The highest BCUT2D eigenvalue weighted by Crippen LogP contribution is 2.48. The number of nitrogens with zero attached hydrogens (tertiary/aromatic N) is 2. The number of aryl methyl sites for hydroxylation is 2. The van der Waals surface area contributed by atoms with Gasteiger partial charge in [0.05, 0.1) is 11.4 Å². The molecule has 146 valence electrons. The topological polar surface area (TPSA) is 49.9 Å². The minimum atomic E-state index is -0.824. The van der Waals surface area contributed by atoms with E-state index in [1.54, 1.807) is 16.4 Å². The smallest absolute Gasteiger partial charge is 0.266 e. The minimum absolute atomic E-state index is 0.205. The molecule has 3 atom stereocenters. The van der Waals surface area contributed by atoms with Gasteiger partial charge in [-0.2, -0.15) is 0 Å². The lowest BCUT2D eigenvalue weighted by atomic mass is 9.95. The monoisotopic (exact) mass is 404 g/mol. The quantitative estimate of drug-likeness (QED) is 0.607. The van der Waals surface area contributed by atoms with E-state index in [1.165, 1.54) is 4.90 Å². The van der Waals surface area contributed by atoms with Crippen LogP contribution in [0, 0.1) is 19.8 Å². The first-order valence-corrected chi connectivity index (χ1v) is 10.4. The number of imide groups is 1. The van der Waals surface area contributed by atoms with Crippen LogP contribution in [0.5, 0.6) is 0 Å². The Labute approximate surface area is 173 Å². The second-order valence-corrected chi connectivity index (χ2v) is 8.45. The number of anilines is 2. The van der Waals surface area contributed by atoms with Crippen molar-refractivity contribution >= 4 is 34.5 Å². The molecule has 1 aromatic heterocycles. The lowest BCUT2D eigenvalue weighted by Gasteiger charge is -2.28. The largest absolute Gasteiger partial charge is 0.273 e. The molecule has 2 amide bonds. The van der Waals surface area contributed by atoms with Crippen LogP contribution in [0.4, 0.5) is 11.4 Å². The van der Waals surface area contributed by atoms with Crippen LogP contribution < -0.4 is 9.96 Å². The summed E-state index contributed by atoms with van der Waals surface area (Å²) >= 11 is 1.57. The van der Waals surface area contributed by atoms with E-state index in [-0.39, 0.29) is 17.9 Å². The van der Waals surface area contributed by atoms with E-state index < -0.39 is 12.0 Å². The molecular formula is C23H20N2O3S. The molecule has 2 saturated heterocycles. The number of rotatable bonds is 3. The number of benzene rings is 2. The molecular weight excluding hydrogens is 384 g/mol. The average molecular weight is 404 g/mol. The van der Waals surface area contributed by atoms with Crippen LogP contribution in [0.3, 0.4) is 0 Å². The molecule has 0 bridgehead atoms. The molecule has 2 aliphatic rings. The van der Waals surface area contributed by atoms with Gasteiger partial charge in [0, 0.05) is 4.88 Å². The van der Waals surface area contributed by atoms with Gasteiger partial charge in [-0.1, -0.05) is 42.0 Å². The fourth-order valence-corrected chi connectivity index (χ4v) is 5.11. The molecule has 2 aliphatic heterocycles. The van der Waals surface area contributed by atoms with Gasteiger partial charge >= 0.3 is 0 Å². The van der Waals surface area contributed by atoms with Gasteiger partial charge in [0.15, 0.2) is 6.10 Å². The molecule has 0 radical (unpaired) electrons. The number of hydrogen-bond donors (Lipinski definition) is 0. The van der Waals surface area contributed by atoms with Gasteiger partial charge in [-0.25, -0.2) is 9.96 Å². The molecule has 3 aromatic rings. The molecule has 5 nitrogen and oxygen atoms in total. The number of thiophene rings is 1. The predicted molar refractivity (Wildman–Crippen MR) is 113 cm³/mol. The van der Waals surface area contributed by atoms with Crippen LogP contribution in [0.2, 0.25) is 0 Å². The van der Waals surface area contributed by atoms with Crippen molar-refractivity contribution in [3.8, 4) is 0 Å². The molecule has 0 spiro atoms. The summed E-state index contributed by atoms with van der Waals surface area (Å²) in [6.07, 6.45) is -0.824. The Morgan fingerprint density at radius 2 is 1.72 bits per heavy atom. The van der Waals surface area contributed by atoms with E-state index in [0.717, 1.165) is 21.7 Å². The highest BCUT2D eigenvalue weighted by molar-refractivity contribution is 7.10. The summed E-state index contributed by atoms with van der Waals surface area (Å²) in [5.41, 5.74) is 3.46. The van der Waals surface area contributed by atoms with Crippen molar-refractivity contribution < 1.29 is 14.4 Å². The van der Waals surface area contributed by atoms with E-state index in [1.807, 2.05) is 79.9 Å². The number of fused-ring (bicyclic) bond motifs is 1. The lowest BCUT2D eigenvalue weighted by Crippen LogP contribution is -2.37. The van der Waals surface area contributed by atoms with Gasteiger partial charge in [0.25, 0.3) is 5.91 Å². The maximum Gasteiger partial charge on any atom is 0.266 e. The molecule has 2 aromatic carbocycles. The second-order valence-electron chi connectivity index (χ2n) is 7.48. The molecule has 29 heavy (non-hydrogen) atoms. The first-order valence-electron chi connectivity index (χ1n) is 9.56. The van der Waals surface area contributed by atoms with Crippen molar-refractivity contribution in [1.82, 2.24) is 0 Å². The molecule has 0 aliphatic carbocycles. The molecule has 0 unspecified atom stereocenters. The summed E-state index contributed by atoms with van der Waals surface area (Å²) in [6.45, 7) is 3.91. The van der Waals surface area contributed by atoms with Crippen molar-refractivity contribution in [2.45, 2.75) is 26.0 Å². The van der Waals surface area contributed by atoms with Crippen LogP contribution in [-0.2, 0) is 14.4 Å². The Morgan fingerprint density at radius 1 is 0.931 bits per heavy atom. The number of para-hydroxylation sites is 1. The van der Waals surface area contributed by atoms with Gasteiger partial charge in [-0.3, -0.25) is 14.4 Å². The van der Waals surface area contributed by atoms with Crippen molar-refractivity contribution in [2.75, 3.05) is 9.96 Å². The molecule has 6 heteroatoms. The standard InChI is InChI=1S/C23H20N2O3S/c1-14-10-11-17(15(2)13-14)24-22(26)19-20(18-9-6-12-29-18)25(28-21(19)23(24)27)16-7-4-3-5-8-16/h3-13,19-21H,1-2H3/t19-,20-,21+/m1/s1. The third-order valence-electron chi connectivity index (χ3n) is 5.55. The van der Waals surface area contributed by atoms with Crippen LogP contribution >= 0.6 is 11.3 Å². The number of amides is 2. The summed E-state index contributed by atoms with van der Waals surface area (Å²) in [5, 5.41) is 3.71. The fourth-order valence-electron chi connectivity index (χ4n) is 4.26. The third kappa shape index (κ3) is 2.79. The van der Waals surface area contributed by atoms with Gasteiger partial charge in [0.2, 0.25) is 5.91 Å². The highest BCUT2D eigenvalue weighted by Gasteiger charge is 2.60. The van der Waals surface area contributed by atoms with E-state index >= 15 is 0 Å². The van der Waals surface area contributed by atoms with Crippen LogP contribution in [-0.4, -0.2) is 17.9 Å². The van der Waals surface area contributed by atoms with E-state index in [4.69, 9.17) is 4.84 Å². The maximum absolute atomic E-state index is 13.5. The summed E-state index contributed by atoms with van der Waals surface area (Å²) < 4.78 is 0. The Morgan fingerprint density at radius 3 is 2.41 bits per heavy atom. The first kappa shape index (κ1) is 18.1. The highest BCUT2D eigenvalue weighted by atomic mass is 32.1.